The maximum absolute atomic E-state index is 6.05. The number of nitrogens with zero attached hydrogens (tertiary/aromatic N) is 3. The Kier molecular flexibility index (Phi) is 1.96. The second-order valence-electron chi connectivity index (χ2n) is 2.93. The molecule has 0 spiro atoms. The minimum Gasteiger partial charge on any atom is -0.422 e. The summed E-state index contributed by atoms with van der Waals surface area (Å²) in [6.07, 6.45) is 1.50. The van der Waals surface area contributed by atoms with Crippen LogP contribution in [0.1, 0.15) is 5.69 Å². The highest BCUT2D eigenvalue weighted by Crippen LogP contribution is 2.29. The van der Waals surface area contributed by atoms with Crippen molar-refractivity contribution in [3.63, 3.8) is 0 Å². The molecule has 0 bridgehead atoms. The molecule has 2 aromatic rings. The molecule has 0 fully saturated rings. The van der Waals surface area contributed by atoms with Crippen LogP contribution >= 0.6 is 11.6 Å². The van der Waals surface area contributed by atoms with Crippen molar-refractivity contribution in [2.75, 3.05) is 5.73 Å². The summed E-state index contributed by atoms with van der Waals surface area (Å²) in [5.41, 5.74) is 6.79. The second-order valence-corrected chi connectivity index (χ2v) is 3.31. The van der Waals surface area contributed by atoms with Gasteiger partial charge in [-0.05, 0) is 6.92 Å². The van der Waals surface area contributed by atoms with E-state index in [2.05, 4.69) is 10.1 Å². The Morgan fingerprint density at radius 1 is 1.57 bits per heavy atom. The van der Waals surface area contributed by atoms with Gasteiger partial charge in [-0.25, -0.2) is 4.98 Å². The van der Waals surface area contributed by atoms with Crippen molar-refractivity contribution < 1.29 is 4.42 Å². The Morgan fingerprint density at radius 3 is 2.71 bits per heavy atom. The summed E-state index contributed by atoms with van der Waals surface area (Å²) < 4.78 is 6.80. The number of anilines is 1. The molecule has 5 nitrogen and oxygen atoms in total. The minimum atomic E-state index is 0.111. The highest BCUT2D eigenvalue weighted by Gasteiger charge is 2.15. The molecule has 2 heterocycles. The molecule has 0 aliphatic heterocycles. The molecule has 0 unspecified atom stereocenters. The third kappa shape index (κ3) is 1.26. The minimum absolute atomic E-state index is 0.111. The van der Waals surface area contributed by atoms with Gasteiger partial charge < -0.3 is 10.2 Å². The summed E-state index contributed by atoms with van der Waals surface area (Å²) in [7, 11) is 1.81. The lowest BCUT2D eigenvalue weighted by atomic mass is 10.3. The molecule has 2 N–H and O–H groups in total. The SMILES string of the molecule is Cc1c(Cl)c(-c2cnc(N)o2)nn1C. The van der Waals surface area contributed by atoms with Gasteiger partial charge in [0.2, 0.25) is 0 Å². The molecule has 14 heavy (non-hydrogen) atoms. The first-order valence-electron chi connectivity index (χ1n) is 4.00. The van der Waals surface area contributed by atoms with Crippen LogP contribution in [0.2, 0.25) is 5.02 Å². The van der Waals surface area contributed by atoms with E-state index in [1.54, 1.807) is 4.68 Å². The first kappa shape index (κ1) is 9.08. The molecular weight excluding hydrogens is 204 g/mol. The molecule has 0 aliphatic rings. The number of rotatable bonds is 1. The molecule has 6 heteroatoms. The number of aromatic nitrogens is 3. The van der Waals surface area contributed by atoms with Crippen LogP contribution < -0.4 is 5.73 Å². The zero-order valence-corrected chi connectivity index (χ0v) is 8.54. The zero-order chi connectivity index (χ0) is 10.3. The maximum atomic E-state index is 6.05. The number of oxazole rings is 1. The van der Waals surface area contributed by atoms with Gasteiger partial charge in [0.25, 0.3) is 6.01 Å². The number of nitrogens with two attached hydrogens (primary N) is 1. The third-order valence-corrected chi connectivity index (χ3v) is 2.47. The predicted molar refractivity (Wildman–Crippen MR) is 52.9 cm³/mol. The molecule has 0 radical (unpaired) electrons. The van der Waals surface area contributed by atoms with Crippen LogP contribution in [0.15, 0.2) is 10.6 Å². The van der Waals surface area contributed by atoms with Gasteiger partial charge >= 0.3 is 0 Å². The van der Waals surface area contributed by atoms with Crippen molar-refractivity contribution in [1.82, 2.24) is 14.8 Å². The lowest BCUT2D eigenvalue weighted by molar-refractivity contribution is 0.590. The van der Waals surface area contributed by atoms with Crippen LogP contribution in [0.25, 0.3) is 11.5 Å². The molecular formula is C8H9ClN4O. The van der Waals surface area contributed by atoms with Crippen LogP contribution in [0.3, 0.4) is 0 Å². The summed E-state index contributed by atoms with van der Waals surface area (Å²) in [6, 6.07) is 0.111. The molecule has 0 aromatic carbocycles. The van der Waals surface area contributed by atoms with E-state index in [0.717, 1.165) is 5.69 Å². The van der Waals surface area contributed by atoms with Crippen LogP contribution in [-0.4, -0.2) is 14.8 Å². The normalized spacial score (nSPS) is 10.8. The standard InChI is InChI=1S/C8H9ClN4O/c1-4-6(9)7(12-13(4)2)5-3-11-8(10)14-5/h3H,1-2H3,(H2,10,11). The van der Waals surface area contributed by atoms with E-state index in [0.29, 0.717) is 16.5 Å². The Labute approximate surface area is 85.5 Å². The fraction of sp³-hybridized carbons (Fsp3) is 0.250. The summed E-state index contributed by atoms with van der Waals surface area (Å²) in [6.45, 7) is 1.87. The Morgan fingerprint density at radius 2 is 2.29 bits per heavy atom. The Balaban J connectivity index is 2.57. The highest BCUT2D eigenvalue weighted by atomic mass is 35.5. The average Bonchev–Trinajstić information content (AvgIpc) is 2.66. The summed E-state index contributed by atoms with van der Waals surface area (Å²) in [4.78, 5) is 3.78. The molecule has 2 rings (SSSR count). The van der Waals surface area contributed by atoms with Crippen molar-refractivity contribution in [2.45, 2.75) is 6.92 Å². The van der Waals surface area contributed by atoms with Gasteiger partial charge in [-0.3, -0.25) is 4.68 Å². The average molecular weight is 213 g/mol. The van der Waals surface area contributed by atoms with Crippen molar-refractivity contribution in [2.24, 2.45) is 7.05 Å². The van der Waals surface area contributed by atoms with Crippen molar-refractivity contribution in [1.29, 1.82) is 0 Å². The fourth-order valence-electron chi connectivity index (χ4n) is 1.14. The summed E-state index contributed by atoms with van der Waals surface area (Å²) in [5, 5.41) is 4.75. The van der Waals surface area contributed by atoms with E-state index < -0.39 is 0 Å². The second kappa shape index (κ2) is 3.02. The van der Waals surface area contributed by atoms with E-state index in [1.165, 1.54) is 6.20 Å². The number of hydrogen-bond acceptors (Lipinski definition) is 4. The topological polar surface area (TPSA) is 69.9 Å². The highest BCUT2D eigenvalue weighted by molar-refractivity contribution is 6.33. The van der Waals surface area contributed by atoms with E-state index in [4.69, 9.17) is 21.8 Å². The number of aryl methyl sites for hydroxylation is 1. The number of hydrogen-bond donors (Lipinski definition) is 1. The van der Waals surface area contributed by atoms with Crippen LogP contribution in [-0.2, 0) is 7.05 Å². The fourth-order valence-corrected chi connectivity index (χ4v) is 1.39. The molecule has 0 saturated carbocycles. The Bertz CT molecular complexity index is 474. The monoisotopic (exact) mass is 212 g/mol. The maximum Gasteiger partial charge on any atom is 0.292 e. The largest absolute Gasteiger partial charge is 0.422 e. The first-order valence-corrected chi connectivity index (χ1v) is 4.38. The Hall–Kier alpha value is -1.49. The van der Waals surface area contributed by atoms with Crippen molar-refractivity contribution in [3.8, 4) is 11.5 Å². The lowest BCUT2D eigenvalue weighted by Crippen LogP contribution is -1.92. The molecule has 0 aliphatic carbocycles. The molecule has 0 amide bonds. The smallest absolute Gasteiger partial charge is 0.292 e. The molecule has 74 valence electrons. The van der Waals surface area contributed by atoms with E-state index >= 15 is 0 Å². The van der Waals surface area contributed by atoms with E-state index in [9.17, 15) is 0 Å². The van der Waals surface area contributed by atoms with Crippen molar-refractivity contribution in [3.05, 3.63) is 16.9 Å². The summed E-state index contributed by atoms with van der Waals surface area (Å²) >= 11 is 6.05. The van der Waals surface area contributed by atoms with Gasteiger partial charge in [-0.15, -0.1) is 0 Å². The first-order chi connectivity index (χ1) is 6.59. The number of nitrogen functional groups attached to an aromatic ring is 1. The van der Waals surface area contributed by atoms with Crippen molar-refractivity contribution >= 4 is 17.6 Å². The number of halogens is 1. The third-order valence-electron chi connectivity index (χ3n) is 2.02. The van der Waals surface area contributed by atoms with E-state index in [1.807, 2.05) is 14.0 Å². The predicted octanol–water partition coefficient (Wildman–Crippen LogP) is 1.62. The zero-order valence-electron chi connectivity index (χ0n) is 7.78. The van der Waals surface area contributed by atoms with Crippen LogP contribution in [0, 0.1) is 6.92 Å². The van der Waals surface area contributed by atoms with Gasteiger partial charge in [0.05, 0.1) is 16.9 Å². The quantitative estimate of drug-likeness (QED) is 0.780. The summed E-state index contributed by atoms with van der Waals surface area (Å²) in [5.74, 6) is 0.483. The lowest BCUT2D eigenvalue weighted by Gasteiger charge is -1.89. The van der Waals surface area contributed by atoms with Gasteiger partial charge in [-0.2, -0.15) is 5.10 Å². The molecule has 2 aromatic heterocycles. The van der Waals surface area contributed by atoms with Crippen LogP contribution in [0.5, 0.6) is 0 Å². The van der Waals surface area contributed by atoms with Gasteiger partial charge in [-0.1, -0.05) is 11.6 Å². The molecule has 0 atom stereocenters. The molecule has 0 saturated heterocycles. The van der Waals surface area contributed by atoms with Gasteiger partial charge in [0, 0.05) is 7.05 Å². The van der Waals surface area contributed by atoms with Crippen LogP contribution in [0.4, 0.5) is 6.01 Å². The van der Waals surface area contributed by atoms with Gasteiger partial charge in [0.1, 0.15) is 5.69 Å². The van der Waals surface area contributed by atoms with E-state index in [-0.39, 0.29) is 6.01 Å². The van der Waals surface area contributed by atoms with Gasteiger partial charge in [0.15, 0.2) is 5.76 Å².